The summed E-state index contributed by atoms with van der Waals surface area (Å²) in [6, 6.07) is 12.6. The molecule has 3 aromatic rings. The van der Waals surface area contributed by atoms with Crippen LogP contribution in [0, 0.1) is 10.1 Å². The van der Waals surface area contributed by atoms with E-state index in [1.807, 2.05) is 24.3 Å². The van der Waals surface area contributed by atoms with Gasteiger partial charge in [0.1, 0.15) is 0 Å². The van der Waals surface area contributed by atoms with Crippen molar-refractivity contribution in [2.75, 3.05) is 0 Å². The maximum absolute atomic E-state index is 10.7. The number of fused-ring (bicyclic) bond motifs is 3. The van der Waals surface area contributed by atoms with Gasteiger partial charge < -0.3 is 0 Å². The molecule has 0 N–H and O–H groups in total. The lowest BCUT2D eigenvalue weighted by atomic mass is 10.1. The molecule has 0 saturated heterocycles. The molecule has 0 aliphatic rings. The molecule has 0 radical (unpaired) electrons. The lowest BCUT2D eigenvalue weighted by Gasteiger charge is -2.02. The summed E-state index contributed by atoms with van der Waals surface area (Å²) in [7, 11) is 0. The highest BCUT2D eigenvalue weighted by Crippen LogP contribution is 2.26. The molecule has 0 fully saturated rings. The van der Waals surface area contributed by atoms with Crippen LogP contribution < -0.4 is 0 Å². The van der Waals surface area contributed by atoms with E-state index in [9.17, 15) is 10.1 Å². The largest absolute Gasteiger partial charge is 0.271 e. The van der Waals surface area contributed by atoms with Crippen LogP contribution in [-0.4, -0.2) is 9.91 Å². The van der Waals surface area contributed by atoms with E-state index in [-0.39, 0.29) is 5.69 Å². The third-order valence-corrected chi connectivity index (χ3v) is 2.79. The fraction of sp³-hybridized carbons (Fsp3) is 0. The van der Waals surface area contributed by atoms with Gasteiger partial charge >= 0.3 is 0 Å². The lowest BCUT2D eigenvalue weighted by Crippen LogP contribution is -1.89. The van der Waals surface area contributed by atoms with E-state index < -0.39 is 4.92 Å². The molecule has 3 rings (SSSR count). The van der Waals surface area contributed by atoms with Crippen molar-refractivity contribution in [3.8, 4) is 0 Å². The van der Waals surface area contributed by atoms with Gasteiger partial charge in [-0.2, -0.15) is 0 Å². The van der Waals surface area contributed by atoms with Crippen molar-refractivity contribution >= 4 is 27.4 Å². The highest BCUT2D eigenvalue weighted by atomic mass is 16.6. The van der Waals surface area contributed by atoms with Gasteiger partial charge in [0.15, 0.2) is 0 Å². The lowest BCUT2D eigenvalue weighted by molar-refractivity contribution is -0.384. The number of pyridine rings is 1. The van der Waals surface area contributed by atoms with Crippen molar-refractivity contribution in [3.05, 3.63) is 58.8 Å². The highest BCUT2D eigenvalue weighted by Gasteiger charge is 2.08. The van der Waals surface area contributed by atoms with E-state index >= 15 is 0 Å². The number of benzene rings is 2. The molecule has 17 heavy (non-hydrogen) atoms. The average molecular weight is 224 g/mol. The number of aromatic nitrogens is 1. The molecule has 0 bridgehead atoms. The Bertz CT molecular complexity index is 738. The van der Waals surface area contributed by atoms with Crippen LogP contribution >= 0.6 is 0 Å². The second kappa shape index (κ2) is 3.52. The van der Waals surface area contributed by atoms with Crippen LogP contribution in [0.5, 0.6) is 0 Å². The number of nitro groups is 1. The molecule has 0 saturated carbocycles. The van der Waals surface area contributed by atoms with Gasteiger partial charge in [-0.15, -0.1) is 0 Å². The predicted octanol–water partition coefficient (Wildman–Crippen LogP) is 3.30. The minimum atomic E-state index is -0.406. The van der Waals surface area contributed by atoms with Crippen molar-refractivity contribution < 1.29 is 4.92 Å². The van der Waals surface area contributed by atoms with Gasteiger partial charge in [-0.25, -0.2) is 0 Å². The first-order valence-corrected chi connectivity index (χ1v) is 5.17. The van der Waals surface area contributed by atoms with E-state index in [4.69, 9.17) is 0 Å². The van der Waals surface area contributed by atoms with E-state index in [0.717, 1.165) is 16.2 Å². The summed E-state index contributed by atoms with van der Waals surface area (Å²) in [5.41, 5.74) is 0.721. The molecule has 4 nitrogen and oxygen atoms in total. The maximum Gasteiger partial charge on any atom is 0.271 e. The average Bonchev–Trinajstić information content (AvgIpc) is 2.38. The zero-order chi connectivity index (χ0) is 11.8. The maximum atomic E-state index is 10.7. The van der Waals surface area contributed by atoms with E-state index in [2.05, 4.69) is 4.98 Å². The SMILES string of the molecule is O=[N+]([O-])c1ccc2c(c1)ncc1ccccc12. The minimum absolute atomic E-state index is 0.0697. The van der Waals surface area contributed by atoms with Gasteiger partial charge in [0.05, 0.1) is 10.4 Å². The fourth-order valence-corrected chi connectivity index (χ4v) is 1.96. The fourth-order valence-electron chi connectivity index (χ4n) is 1.96. The van der Waals surface area contributed by atoms with Crippen molar-refractivity contribution in [2.45, 2.75) is 0 Å². The first-order chi connectivity index (χ1) is 8.25. The minimum Gasteiger partial charge on any atom is -0.258 e. The molecule has 0 unspecified atom stereocenters. The van der Waals surface area contributed by atoms with Crippen molar-refractivity contribution in [2.24, 2.45) is 0 Å². The Hall–Kier alpha value is -2.49. The van der Waals surface area contributed by atoms with Crippen LogP contribution in [0.15, 0.2) is 48.7 Å². The summed E-state index contributed by atoms with van der Waals surface area (Å²) < 4.78 is 0. The molecule has 0 aliphatic carbocycles. The zero-order valence-electron chi connectivity index (χ0n) is 8.83. The topological polar surface area (TPSA) is 56.0 Å². The van der Waals surface area contributed by atoms with Crippen molar-refractivity contribution in [1.82, 2.24) is 4.98 Å². The molecule has 0 aliphatic heterocycles. The van der Waals surface area contributed by atoms with E-state index in [0.29, 0.717) is 5.52 Å². The van der Waals surface area contributed by atoms with Crippen molar-refractivity contribution in [1.29, 1.82) is 0 Å². The Labute approximate surface area is 96.7 Å². The number of non-ortho nitro benzene ring substituents is 1. The first kappa shape index (κ1) is 9.72. The molecular formula is C13H8N2O2. The Morgan fingerprint density at radius 1 is 1.06 bits per heavy atom. The normalized spacial score (nSPS) is 10.8. The van der Waals surface area contributed by atoms with Gasteiger partial charge in [0.2, 0.25) is 0 Å². The Morgan fingerprint density at radius 2 is 1.88 bits per heavy atom. The molecule has 1 heterocycles. The molecule has 2 aromatic carbocycles. The number of nitro benzene ring substituents is 1. The van der Waals surface area contributed by atoms with Gasteiger partial charge in [-0.3, -0.25) is 15.1 Å². The molecule has 0 spiro atoms. The summed E-state index contributed by atoms with van der Waals surface area (Å²) in [4.78, 5) is 14.5. The van der Waals surface area contributed by atoms with Crippen LogP contribution in [0.25, 0.3) is 21.7 Å². The van der Waals surface area contributed by atoms with Crippen LogP contribution in [-0.2, 0) is 0 Å². The van der Waals surface area contributed by atoms with Gasteiger partial charge in [0.25, 0.3) is 5.69 Å². The van der Waals surface area contributed by atoms with Crippen LogP contribution in [0.2, 0.25) is 0 Å². The Morgan fingerprint density at radius 3 is 2.71 bits per heavy atom. The first-order valence-electron chi connectivity index (χ1n) is 5.17. The summed E-state index contributed by atoms with van der Waals surface area (Å²) in [6.45, 7) is 0. The molecule has 0 atom stereocenters. The van der Waals surface area contributed by atoms with Crippen LogP contribution in [0.3, 0.4) is 0 Å². The number of nitrogens with zero attached hydrogens (tertiary/aromatic N) is 2. The van der Waals surface area contributed by atoms with Gasteiger partial charge in [0, 0.05) is 29.1 Å². The van der Waals surface area contributed by atoms with Crippen LogP contribution in [0.4, 0.5) is 5.69 Å². The smallest absolute Gasteiger partial charge is 0.258 e. The monoisotopic (exact) mass is 224 g/mol. The van der Waals surface area contributed by atoms with Gasteiger partial charge in [-0.1, -0.05) is 24.3 Å². The van der Waals surface area contributed by atoms with Crippen molar-refractivity contribution in [3.63, 3.8) is 0 Å². The standard InChI is InChI=1S/C13H8N2O2/c16-15(17)10-5-6-12-11-4-2-1-3-9(11)8-14-13(12)7-10/h1-8H. The Balaban J connectivity index is 2.41. The summed E-state index contributed by atoms with van der Waals surface area (Å²) in [6.07, 6.45) is 1.74. The molecule has 82 valence electrons. The molecule has 1 aromatic heterocycles. The van der Waals surface area contributed by atoms with E-state index in [1.54, 1.807) is 12.3 Å². The summed E-state index contributed by atoms with van der Waals surface area (Å²) in [5, 5.41) is 13.7. The molecule has 0 amide bonds. The number of hydrogen-bond acceptors (Lipinski definition) is 3. The third-order valence-electron chi connectivity index (χ3n) is 2.79. The van der Waals surface area contributed by atoms with E-state index in [1.165, 1.54) is 12.1 Å². The number of rotatable bonds is 1. The van der Waals surface area contributed by atoms with Gasteiger partial charge in [-0.05, 0) is 11.5 Å². The summed E-state index contributed by atoms with van der Waals surface area (Å²) in [5.74, 6) is 0. The second-order valence-corrected chi connectivity index (χ2v) is 3.80. The third kappa shape index (κ3) is 1.50. The zero-order valence-corrected chi connectivity index (χ0v) is 8.83. The summed E-state index contributed by atoms with van der Waals surface area (Å²) >= 11 is 0. The highest BCUT2D eigenvalue weighted by molar-refractivity contribution is 6.05. The second-order valence-electron chi connectivity index (χ2n) is 3.80. The quantitative estimate of drug-likeness (QED) is 0.362. The predicted molar refractivity (Wildman–Crippen MR) is 65.9 cm³/mol. The number of hydrogen-bond donors (Lipinski definition) is 0. The van der Waals surface area contributed by atoms with Crippen LogP contribution in [0.1, 0.15) is 0 Å². The molecule has 4 heteroatoms. The molecular weight excluding hydrogens is 216 g/mol. The Kier molecular flexibility index (Phi) is 2.01.